The van der Waals surface area contributed by atoms with Gasteiger partial charge in [-0.2, -0.15) is 0 Å². The SMILES string of the molecule is Cc1cc(NS(=O)(=O)c2ccc(CN)cc2Br)ccc1Br. The lowest BCUT2D eigenvalue weighted by Crippen LogP contribution is -2.14. The van der Waals surface area contributed by atoms with Crippen LogP contribution >= 0.6 is 31.9 Å². The molecule has 0 atom stereocenters. The summed E-state index contributed by atoms with van der Waals surface area (Å²) in [7, 11) is -3.65. The van der Waals surface area contributed by atoms with Crippen molar-refractivity contribution >= 4 is 47.6 Å². The van der Waals surface area contributed by atoms with E-state index >= 15 is 0 Å². The molecule has 0 spiro atoms. The maximum Gasteiger partial charge on any atom is 0.263 e. The van der Waals surface area contributed by atoms with E-state index in [-0.39, 0.29) is 4.90 Å². The Morgan fingerprint density at radius 3 is 2.38 bits per heavy atom. The number of anilines is 1. The summed E-state index contributed by atoms with van der Waals surface area (Å²) in [5.41, 5.74) is 7.87. The summed E-state index contributed by atoms with van der Waals surface area (Å²) in [4.78, 5) is 0.181. The number of hydrogen-bond acceptors (Lipinski definition) is 3. The molecule has 112 valence electrons. The van der Waals surface area contributed by atoms with E-state index in [4.69, 9.17) is 5.73 Å². The third kappa shape index (κ3) is 3.85. The smallest absolute Gasteiger partial charge is 0.263 e. The van der Waals surface area contributed by atoms with Gasteiger partial charge in [0.15, 0.2) is 0 Å². The first kappa shape index (κ1) is 16.5. The van der Waals surface area contributed by atoms with Crippen molar-refractivity contribution in [3.8, 4) is 0 Å². The first-order valence-corrected chi connectivity index (χ1v) is 9.18. The Kier molecular flexibility index (Phi) is 5.08. The van der Waals surface area contributed by atoms with Crippen LogP contribution in [0.5, 0.6) is 0 Å². The van der Waals surface area contributed by atoms with Crippen molar-refractivity contribution in [1.82, 2.24) is 0 Å². The Bertz CT molecular complexity index is 777. The minimum absolute atomic E-state index is 0.181. The highest BCUT2D eigenvalue weighted by atomic mass is 79.9. The Labute approximate surface area is 141 Å². The number of benzene rings is 2. The van der Waals surface area contributed by atoms with Crippen LogP contribution in [0.15, 0.2) is 50.2 Å². The Morgan fingerprint density at radius 1 is 1.10 bits per heavy atom. The van der Waals surface area contributed by atoms with Gasteiger partial charge in [0.25, 0.3) is 10.0 Å². The quantitative estimate of drug-likeness (QED) is 0.770. The number of hydrogen-bond donors (Lipinski definition) is 2. The van der Waals surface area contributed by atoms with E-state index in [0.717, 1.165) is 15.6 Å². The van der Waals surface area contributed by atoms with Gasteiger partial charge in [0, 0.05) is 21.2 Å². The van der Waals surface area contributed by atoms with Gasteiger partial charge in [-0.3, -0.25) is 4.72 Å². The molecule has 0 amide bonds. The van der Waals surface area contributed by atoms with E-state index < -0.39 is 10.0 Å². The molecule has 0 aliphatic carbocycles. The van der Waals surface area contributed by atoms with Gasteiger partial charge in [-0.05, 0) is 64.3 Å². The van der Waals surface area contributed by atoms with Crippen molar-refractivity contribution in [3.63, 3.8) is 0 Å². The summed E-state index contributed by atoms with van der Waals surface area (Å²) < 4.78 is 28.9. The molecule has 0 radical (unpaired) electrons. The molecule has 2 aromatic rings. The Hall–Kier alpha value is -0.890. The highest BCUT2D eigenvalue weighted by Crippen LogP contribution is 2.27. The van der Waals surface area contributed by atoms with Crippen LogP contribution in [0.3, 0.4) is 0 Å². The van der Waals surface area contributed by atoms with Crippen molar-refractivity contribution < 1.29 is 8.42 Å². The zero-order chi connectivity index (χ0) is 15.6. The molecule has 4 nitrogen and oxygen atoms in total. The number of nitrogens with two attached hydrogens (primary N) is 1. The number of aryl methyl sites for hydroxylation is 1. The molecule has 21 heavy (non-hydrogen) atoms. The van der Waals surface area contributed by atoms with E-state index in [2.05, 4.69) is 36.6 Å². The molecule has 0 bridgehead atoms. The lowest BCUT2D eigenvalue weighted by atomic mass is 10.2. The fraction of sp³-hybridized carbons (Fsp3) is 0.143. The van der Waals surface area contributed by atoms with Crippen LogP contribution in [-0.2, 0) is 16.6 Å². The molecule has 3 N–H and O–H groups in total. The van der Waals surface area contributed by atoms with Gasteiger partial charge in [-0.25, -0.2) is 8.42 Å². The van der Waals surface area contributed by atoms with Crippen molar-refractivity contribution in [2.24, 2.45) is 5.73 Å². The van der Waals surface area contributed by atoms with Crippen LogP contribution in [-0.4, -0.2) is 8.42 Å². The van der Waals surface area contributed by atoms with Crippen molar-refractivity contribution in [2.45, 2.75) is 18.4 Å². The highest BCUT2D eigenvalue weighted by molar-refractivity contribution is 9.10. The summed E-state index contributed by atoms with van der Waals surface area (Å²) in [6.07, 6.45) is 0. The summed E-state index contributed by atoms with van der Waals surface area (Å²) in [6, 6.07) is 10.2. The number of nitrogens with one attached hydrogen (secondary N) is 1. The van der Waals surface area contributed by atoms with Gasteiger partial charge in [-0.15, -0.1) is 0 Å². The predicted octanol–water partition coefficient (Wildman–Crippen LogP) is 3.78. The van der Waals surface area contributed by atoms with E-state index in [1.807, 2.05) is 6.92 Å². The predicted molar refractivity (Wildman–Crippen MR) is 91.7 cm³/mol. The van der Waals surface area contributed by atoms with E-state index in [1.165, 1.54) is 0 Å². The van der Waals surface area contributed by atoms with E-state index in [9.17, 15) is 8.42 Å². The average molecular weight is 434 g/mol. The van der Waals surface area contributed by atoms with Crippen LogP contribution in [0.4, 0.5) is 5.69 Å². The number of rotatable bonds is 4. The molecule has 0 aliphatic heterocycles. The van der Waals surface area contributed by atoms with Crippen molar-refractivity contribution in [1.29, 1.82) is 0 Å². The second kappa shape index (κ2) is 6.48. The largest absolute Gasteiger partial charge is 0.326 e. The molecule has 2 rings (SSSR count). The molecule has 0 aliphatic rings. The normalized spacial score (nSPS) is 11.4. The van der Waals surface area contributed by atoms with Gasteiger partial charge < -0.3 is 5.73 Å². The average Bonchev–Trinajstić information content (AvgIpc) is 2.42. The lowest BCUT2D eigenvalue weighted by molar-refractivity contribution is 0.600. The van der Waals surface area contributed by atoms with Gasteiger partial charge in [0.1, 0.15) is 4.90 Å². The molecule has 0 heterocycles. The lowest BCUT2D eigenvalue weighted by Gasteiger charge is -2.11. The maximum atomic E-state index is 12.4. The number of sulfonamides is 1. The second-order valence-electron chi connectivity index (χ2n) is 4.54. The minimum atomic E-state index is -3.65. The highest BCUT2D eigenvalue weighted by Gasteiger charge is 2.18. The number of halogens is 2. The standard InChI is InChI=1S/C14H14Br2N2O2S/c1-9-6-11(3-4-12(9)15)18-21(19,20)14-5-2-10(8-17)7-13(14)16/h2-7,18H,8,17H2,1H3. The molecule has 0 fully saturated rings. The third-order valence-electron chi connectivity index (χ3n) is 2.93. The van der Waals surface area contributed by atoms with Crippen LogP contribution in [0.2, 0.25) is 0 Å². The molecule has 0 unspecified atom stereocenters. The molecule has 0 aromatic heterocycles. The van der Waals surface area contributed by atoms with Gasteiger partial charge in [-0.1, -0.05) is 22.0 Å². The summed E-state index contributed by atoms with van der Waals surface area (Å²) >= 11 is 6.67. The Morgan fingerprint density at radius 2 is 1.81 bits per heavy atom. The minimum Gasteiger partial charge on any atom is -0.326 e. The Balaban J connectivity index is 2.36. The summed E-state index contributed by atoms with van der Waals surface area (Å²) in [5.74, 6) is 0. The molecule has 2 aromatic carbocycles. The van der Waals surface area contributed by atoms with Gasteiger partial charge in [0.2, 0.25) is 0 Å². The summed E-state index contributed by atoms with van der Waals surface area (Å²) in [5, 5.41) is 0. The molecular weight excluding hydrogens is 420 g/mol. The molecular formula is C14H14Br2N2O2S. The van der Waals surface area contributed by atoms with Crippen molar-refractivity contribution in [2.75, 3.05) is 4.72 Å². The molecule has 0 saturated carbocycles. The molecule has 0 saturated heterocycles. The fourth-order valence-corrected chi connectivity index (χ4v) is 4.23. The van der Waals surface area contributed by atoms with Crippen LogP contribution in [0, 0.1) is 6.92 Å². The zero-order valence-electron chi connectivity index (χ0n) is 11.2. The monoisotopic (exact) mass is 432 g/mol. The van der Waals surface area contributed by atoms with Crippen LogP contribution < -0.4 is 10.5 Å². The van der Waals surface area contributed by atoms with Crippen LogP contribution in [0.1, 0.15) is 11.1 Å². The third-order valence-corrected chi connectivity index (χ3v) is 6.18. The van der Waals surface area contributed by atoms with E-state index in [1.54, 1.807) is 36.4 Å². The maximum absolute atomic E-state index is 12.4. The van der Waals surface area contributed by atoms with Gasteiger partial charge >= 0.3 is 0 Å². The van der Waals surface area contributed by atoms with Gasteiger partial charge in [0.05, 0.1) is 0 Å². The van der Waals surface area contributed by atoms with Crippen molar-refractivity contribution in [3.05, 3.63) is 56.5 Å². The first-order chi connectivity index (χ1) is 9.83. The summed E-state index contributed by atoms with van der Waals surface area (Å²) in [6.45, 7) is 2.26. The topological polar surface area (TPSA) is 72.2 Å². The second-order valence-corrected chi connectivity index (χ2v) is 7.90. The first-order valence-electron chi connectivity index (χ1n) is 6.11. The molecule has 7 heteroatoms. The zero-order valence-corrected chi connectivity index (χ0v) is 15.2. The van der Waals surface area contributed by atoms with E-state index in [0.29, 0.717) is 16.7 Å². The fourth-order valence-electron chi connectivity index (χ4n) is 1.81. The van der Waals surface area contributed by atoms with Crippen LogP contribution in [0.25, 0.3) is 0 Å².